The Morgan fingerprint density at radius 1 is 1.03 bits per heavy atom. The summed E-state index contributed by atoms with van der Waals surface area (Å²) in [6, 6.07) is 11.3. The maximum atomic E-state index is 12.7. The van der Waals surface area contributed by atoms with E-state index in [0.29, 0.717) is 29.3 Å². The van der Waals surface area contributed by atoms with E-state index in [9.17, 15) is 18.0 Å². The Morgan fingerprint density at radius 3 is 2.36 bits per heavy atom. The van der Waals surface area contributed by atoms with Crippen molar-refractivity contribution in [1.29, 1.82) is 0 Å². The molecular weight excluding hydrogens is 439 g/mol. The average Bonchev–Trinajstić information content (AvgIpc) is 3.32. The molecule has 3 aromatic rings. The van der Waals surface area contributed by atoms with Crippen LogP contribution in [0.5, 0.6) is 5.75 Å². The summed E-state index contributed by atoms with van der Waals surface area (Å²) in [5, 5.41) is 6.76. The lowest BCUT2D eigenvalue weighted by Gasteiger charge is -2.22. The van der Waals surface area contributed by atoms with Crippen LogP contribution in [-0.2, 0) is 15.7 Å². The van der Waals surface area contributed by atoms with Crippen molar-refractivity contribution in [2.45, 2.75) is 19.0 Å². The standard InChI is InChI=1S/C23H22F3N3O4/c24-23(25,26)18-5-1-17(2-6-18)22-28-21(29-33-22)16-3-7-19(8-4-16)32-14-20(30)27-13-15-9-11-31-12-10-15/h1-8,15H,9-14H2,(H,27,30). The first-order chi connectivity index (χ1) is 15.9. The highest BCUT2D eigenvalue weighted by Gasteiger charge is 2.30. The van der Waals surface area contributed by atoms with Gasteiger partial charge in [0.25, 0.3) is 11.8 Å². The third kappa shape index (κ3) is 6.10. The molecule has 0 spiro atoms. The number of aromatic nitrogens is 2. The SMILES string of the molecule is O=C(COc1ccc(-c2noc(-c3ccc(C(F)(F)F)cc3)n2)cc1)NCC1CCOCC1. The molecule has 1 aromatic heterocycles. The smallest absolute Gasteiger partial charge is 0.416 e. The molecule has 1 aliphatic rings. The summed E-state index contributed by atoms with van der Waals surface area (Å²) in [4.78, 5) is 16.2. The highest BCUT2D eigenvalue weighted by Crippen LogP contribution is 2.31. The van der Waals surface area contributed by atoms with E-state index in [4.69, 9.17) is 14.0 Å². The van der Waals surface area contributed by atoms with Crippen LogP contribution in [0.4, 0.5) is 13.2 Å². The van der Waals surface area contributed by atoms with Crippen LogP contribution >= 0.6 is 0 Å². The van der Waals surface area contributed by atoms with Crippen molar-refractivity contribution >= 4 is 5.91 Å². The third-order valence-electron chi connectivity index (χ3n) is 5.30. The molecule has 0 saturated carbocycles. The van der Waals surface area contributed by atoms with Crippen LogP contribution in [0.3, 0.4) is 0 Å². The van der Waals surface area contributed by atoms with Crippen molar-refractivity contribution in [3.8, 4) is 28.6 Å². The number of amides is 1. The van der Waals surface area contributed by atoms with Gasteiger partial charge in [0, 0.05) is 30.9 Å². The zero-order chi connectivity index (χ0) is 23.3. The normalized spacial score (nSPS) is 14.8. The fraction of sp³-hybridized carbons (Fsp3) is 0.348. The van der Waals surface area contributed by atoms with Crippen molar-refractivity contribution in [2.24, 2.45) is 5.92 Å². The van der Waals surface area contributed by atoms with E-state index >= 15 is 0 Å². The second-order valence-electron chi connectivity index (χ2n) is 7.67. The molecule has 1 aliphatic heterocycles. The quantitative estimate of drug-likeness (QED) is 0.563. The third-order valence-corrected chi connectivity index (χ3v) is 5.30. The number of alkyl halides is 3. The highest BCUT2D eigenvalue weighted by molar-refractivity contribution is 5.77. The lowest BCUT2D eigenvalue weighted by Crippen LogP contribution is -2.35. The molecule has 10 heteroatoms. The summed E-state index contributed by atoms with van der Waals surface area (Å²) in [5.41, 5.74) is 0.264. The maximum Gasteiger partial charge on any atom is 0.416 e. The van der Waals surface area contributed by atoms with Crippen LogP contribution in [0.25, 0.3) is 22.8 Å². The Hall–Kier alpha value is -3.40. The minimum Gasteiger partial charge on any atom is -0.484 e. The van der Waals surface area contributed by atoms with Gasteiger partial charge < -0.3 is 19.3 Å². The Kier molecular flexibility index (Phi) is 6.93. The first kappa shape index (κ1) is 22.8. The Bertz CT molecular complexity index is 1060. The molecule has 2 aromatic carbocycles. The molecule has 174 valence electrons. The number of nitrogens with one attached hydrogen (secondary N) is 1. The van der Waals surface area contributed by atoms with Crippen molar-refractivity contribution in [3.63, 3.8) is 0 Å². The van der Waals surface area contributed by atoms with E-state index < -0.39 is 11.7 Å². The first-order valence-electron chi connectivity index (χ1n) is 10.5. The number of nitrogens with zero attached hydrogens (tertiary/aromatic N) is 2. The van der Waals surface area contributed by atoms with E-state index in [1.54, 1.807) is 24.3 Å². The molecular formula is C23H22F3N3O4. The number of benzene rings is 2. The van der Waals surface area contributed by atoms with E-state index in [2.05, 4.69) is 15.5 Å². The molecule has 0 unspecified atom stereocenters. The number of ether oxygens (including phenoxy) is 2. The van der Waals surface area contributed by atoms with Crippen LogP contribution in [0.15, 0.2) is 53.1 Å². The van der Waals surface area contributed by atoms with Gasteiger partial charge in [-0.2, -0.15) is 18.2 Å². The number of hydrogen-bond donors (Lipinski definition) is 1. The molecule has 1 saturated heterocycles. The van der Waals surface area contributed by atoms with E-state index in [1.807, 2.05) is 0 Å². The highest BCUT2D eigenvalue weighted by atomic mass is 19.4. The zero-order valence-corrected chi connectivity index (χ0v) is 17.6. The predicted molar refractivity (Wildman–Crippen MR) is 112 cm³/mol. The van der Waals surface area contributed by atoms with Gasteiger partial charge in [-0.25, -0.2) is 0 Å². The van der Waals surface area contributed by atoms with Gasteiger partial charge in [-0.3, -0.25) is 4.79 Å². The van der Waals surface area contributed by atoms with E-state index in [1.165, 1.54) is 12.1 Å². The molecule has 7 nitrogen and oxygen atoms in total. The minimum absolute atomic E-state index is 0.0944. The lowest BCUT2D eigenvalue weighted by atomic mass is 10.0. The molecule has 0 bridgehead atoms. The van der Waals surface area contributed by atoms with Crippen molar-refractivity contribution < 1.29 is 32.0 Å². The van der Waals surface area contributed by atoms with Gasteiger partial charge in [0.1, 0.15) is 5.75 Å². The van der Waals surface area contributed by atoms with Crippen LogP contribution in [0.1, 0.15) is 18.4 Å². The lowest BCUT2D eigenvalue weighted by molar-refractivity contribution is -0.137. The number of halogens is 3. The molecule has 1 amide bonds. The number of carbonyl (C=O) groups is 1. The summed E-state index contributed by atoms with van der Waals surface area (Å²) in [5.74, 6) is 1.15. The molecule has 1 N–H and O–H groups in total. The fourth-order valence-electron chi connectivity index (χ4n) is 3.37. The Balaban J connectivity index is 1.30. The zero-order valence-electron chi connectivity index (χ0n) is 17.6. The molecule has 33 heavy (non-hydrogen) atoms. The molecule has 0 radical (unpaired) electrons. The van der Waals surface area contributed by atoms with Gasteiger partial charge in [0.15, 0.2) is 6.61 Å². The maximum absolute atomic E-state index is 12.7. The predicted octanol–water partition coefficient (Wildman–Crippen LogP) is 4.34. The number of carbonyl (C=O) groups excluding carboxylic acids is 1. The fourth-order valence-corrected chi connectivity index (χ4v) is 3.37. The topological polar surface area (TPSA) is 86.5 Å². The van der Waals surface area contributed by atoms with Gasteiger partial charge in [-0.15, -0.1) is 0 Å². The first-order valence-corrected chi connectivity index (χ1v) is 10.5. The monoisotopic (exact) mass is 461 g/mol. The summed E-state index contributed by atoms with van der Waals surface area (Å²) < 4.78 is 54.1. The molecule has 0 atom stereocenters. The van der Waals surface area contributed by atoms with Crippen molar-refractivity contribution in [3.05, 3.63) is 54.1 Å². The minimum atomic E-state index is -4.41. The van der Waals surface area contributed by atoms with E-state index in [-0.39, 0.29) is 24.2 Å². The number of hydrogen-bond acceptors (Lipinski definition) is 6. The summed E-state index contributed by atoms with van der Waals surface area (Å²) in [7, 11) is 0. The molecule has 1 fully saturated rings. The summed E-state index contributed by atoms with van der Waals surface area (Å²) >= 11 is 0. The van der Waals surface area contributed by atoms with E-state index in [0.717, 1.165) is 38.2 Å². The summed E-state index contributed by atoms with van der Waals surface area (Å²) in [6.45, 7) is 1.98. The Morgan fingerprint density at radius 2 is 1.70 bits per heavy atom. The van der Waals surface area contributed by atoms with Gasteiger partial charge in [-0.05, 0) is 67.3 Å². The van der Waals surface area contributed by atoms with Crippen LogP contribution in [0, 0.1) is 5.92 Å². The van der Waals surface area contributed by atoms with Gasteiger partial charge in [0.05, 0.1) is 5.56 Å². The van der Waals surface area contributed by atoms with Crippen molar-refractivity contribution in [2.75, 3.05) is 26.4 Å². The van der Waals surface area contributed by atoms with Crippen LogP contribution in [-0.4, -0.2) is 42.4 Å². The van der Waals surface area contributed by atoms with Gasteiger partial charge in [0.2, 0.25) is 5.82 Å². The van der Waals surface area contributed by atoms with Crippen molar-refractivity contribution in [1.82, 2.24) is 15.5 Å². The van der Waals surface area contributed by atoms with Gasteiger partial charge >= 0.3 is 6.18 Å². The largest absolute Gasteiger partial charge is 0.484 e. The van der Waals surface area contributed by atoms with Gasteiger partial charge in [-0.1, -0.05) is 5.16 Å². The van der Waals surface area contributed by atoms with Crippen LogP contribution < -0.4 is 10.1 Å². The van der Waals surface area contributed by atoms with Crippen LogP contribution in [0.2, 0.25) is 0 Å². The molecule has 0 aliphatic carbocycles. The second kappa shape index (κ2) is 10.0. The summed E-state index contributed by atoms with van der Waals surface area (Å²) in [6.07, 6.45) is -2.52. The molecule has 2 heterocycles. The Labute approximate surface area is 187 Å². The second-order valence-corrected chi connectivity index (χ2v) is 7.67. The average molecular weight is 461 g/mol. The molecule has 4 rings (SSSR count). The number of rotatable bonds is 7.